The minimum absolute atomic E-state index is 0. The van der Waals surface area contributed by atoms with Crippen molar-refractivity contribution in [3.8, 4) is 0 Å². The molecule has 0 saturated carbocycles. The average Bonchev–Trinajstić information content (AvgIpc) is 2.81. The predicted molar refractivity (Wildman–Crippen MR) is 75.7 cm³/mol. The molecule has 0 saturated heterocycles. The van der Waals surface area contributed by atoms with Crippen molar-refractivity contribution >= 4 is 6.21 Å². The number of hydrogen-bond acceptors (Lipinski definition) is 3. The van der Waals surface area contributed by atoms with Crippen LogP contribution in [0.3, 0.4) is 0 Å². The van der Waals surface area contributed by atoms with Crippen molar-refractivity contribution in [1.82, 2.24) is 4.57 Å². The zero-order valence-corrected chi connectivity index (χ0v) is 12.8. The fourth-order valence-electron chi connectivity index (χ4n) is 2.05. The third kappa shape index (κ3) is 5.21. The first-order chi connectivity index (χ1) is 9.81. The summed E-state index contributed by atoms with van der Waals surface area (Å²) in [6.45, 7) is 1.16. The van der Waals surface area contributed by atoms with Crippen molar-refractivity contribution in [2.75, 3.05) is 6.61 Å². The Labute approximate surface area is 130 Å². The van der Waals surface area contributed by atoms with Gasteiger partial charge < -0.3 is 22.4 Å². The van der Waals surface area contributed by atoms with Crippen molar-refractivity contribution in [2.24, 2.45) is 12.2 Å². The number of benzene rings is 1. The van der Waals surface area contributed by atoms with Crippen LogP contribution in [0, 0.1) is 0 Å². The van der Waals surface area contributed by atoms with Gasteiger partial charge in [-0.3, -0.25) is 0 Å². The molecular formula is C15H20ClN3O2. The molecule has 1 heterocycles. The number of aromatic nitrogens is 2. The zero-order valence-electron chi connectivity index (χ0n) is 12.0. The smallest absolute Gasteiger partial charge is 0.305 e. The molecule has 1 N–H and O–H groups in total. The molecule has 2 aromatic rings. The lowest BCUT2D eigenvalue weighted by Gasteiger charge is -2.03. The van der Waals surface area contributed by atoms with Gasteiger partial charge in [-0.2, -0.15) is 0 Å². The van der Waals surface area contributed by atoms with Gasteiger partial charge in [-0.05, 0) is 18.4 Å². The fourth-order valence-corrected chi connectivity index (χ4v) is 2.05. The van der Waals surface area contributed by atoms with Crippen LogP contribution in [0.15, 0.2) is 47.9 Å². The number of rotatable bonds is 7. The SMILES string of the molecule is C[n+]1ccn(COCCCc2ccccc2)c1/C=N/O.[Cl-]. The monoisotopic (exact) mass is 309 g/mol. The van der Waals surface area contributed by atoms with Gasteiger partial charge in [0.15, 0.2) is 12.9 Å². The van der Waals surface area contributed by atoms with Crippen LogP contribution in [0.4, 0.5) is 0 Å². The first-order valence-electron chi connectivity index (χ1n) is 6.65. The van der Waals surface area contributed by atoms with E-state index in [-0.39, 0.29) is 12.4 Å². The van der Waals surface area contributed by atoms with E-state index in [0.29, 0.717) is 13.3 Å². The van der Waals surface area contributed by atoms with Gasteiger partial charge in [0.25, 0.3) is 0 Å². The summed E-state index contributed by atoms with van der Waals surface area (Å²) in [4.78, 5) is 0. The van der Waals surface area contributed by atoms with E-state index in [4.69, 9.17) is 9.94 Å². The lowest BCUT2D eigenvalue weighted by Crippen LogP contribution is -3.00. The van der Waals surface area contributed by atoms with E-state index in [0.717, 1.165) is 18.7 Å². The third-order valence-corrected chi connectivity index (χ3v) is 3.13. The number of nitrogens with zero attached hydrogens (tertiary/aromatic N) is 3. The van der Waals surface area contributed by atoms with Gasteiger partial charge in [-0.1, -0.05) is 35.5 Å². The summed E-state index contributed by atoms with van der Waals surface area (Å²) in [5, 5.41) is 11.7. The lowest BCUT2D eigenvalue weighted by atomic mass is 10.1. The Morgan fingerprint density at radius 3 is 2.81 bits per heavy atom. The molecule has 1 aromatic heterocycles. The van der Waals surface area contributed by atoms with Crippen LogP contribution in [0.2, 0.25) is 0 Å². The van der Waals surface area contributed by atoms with Crippen LogP contribution in [0.25, 0.3) is 0 Å². The largest absolute Gasteiger partial charge is 1.00 e. The van der Waals surface area contributed by atoms with Gasteiger partial charge in [0.05, 0.1) is 13.7 Å². The summed E-state index contributed by atoms with van der Waals surface area (Å²) in [5.41, 5.74) is 1.33. The van der Waals surface area contributed by atoms with Gasteiger partial charge in [-0.25, -0.2) is 9.13 Å². The van der Waals surface area contributed by atoms with Gasteiger partial charge in [0.1, 0.15) is 12.4 Å². The lowest BCUT2D eigenvalue weighted by molar-refractivity contribution is -0.672. The van der Waals surface area contributed by atoms with Crippen LogP contribution in [0.5, 0.6) is 0 Å². The highest BCUT2D eigenvalue weighted by Gasteiger charge is 2.11. The Kier molecular flexibility index (Phi) is 7.50. The maximum Gasteiger partial charge on any atom is 0.305 e. The van der Waals surface area contributed by atoms with Gasteiger partial charge in [0.2, 0.25) is 0 Å². The molecule has 0 fully saturated rings. The number of hydrogen-bond donors (Lipinski definition) is 1. The molecule has 0 bridgehead atoms. The summed E-state index contributed by atoms with van der Waals surface area (Å²) in [6, 6.07) is 10.4. The Morgan fingerprint density at radius 2 is 2.10 bits per heavy atom. The van der Waals surface area contributed by atoms with Gasteiger partial charge >= 0.3 is 5.82 Å². The molecule has 6 heteroatoms. The molecule has 21 heavy (non-hydrogen) atoms. The third-order valence-electron chi connectivity index (χ3n) is 3.13. The van der Waals surface area contributed by atoms with Crippen LogP contribution < -0.4 is 17.0 Å². The summed E-state index contributed by atoms with van der Waals surface area (Å²) >= 11 is 0. The predicted octanol–water partition coefficient (Wildman–Crippen LogP) is -1.27. The minimum atomic E-state index is 0. The quantitative estimate of drug-likeness (QED) is 0.228. The number of aryl methyl sites for hydroxylation is 2. The number of oxime groups is 1. The fraction of sp³-hybridized carbons (Fsp3) is 0.333. The minimum Gasteiger partial charge on any atom is -1.00 e. The first-order valence-corrected chi connectivity index (χ1v) is 6.65. The zero-order chi connectivity index (χ0) is 14.2. The molecule has 0 atom stereocenters. The Morgan fingerprint density at radius 1 is 1.33 bits per heavy atom. The van der Waals surface area contributed by atoms with E-state index in [1.165, 1.54) is 11.8 Å². The molecule has 0 aliphatic carbocycles. The molecule has 114 valence electrons. The number of imidazole rings is 1. The van der Waals surface area contributed by atoms with E-state index in [1.807, 2.05) is 34.6 Å². The van der Waals surface area contributed by atoms with Crippen LogP contribution in [-0.4, -0.2) is 22.6 Å². The molecule has 2 rings (SSSR count). The number of halogens is 1. The van der Waals surface area contributed by atoms with Crippen molar-refractivity contribution < 1.29 is 26.9 Å². The van der Waals surface area contributed by atoms with Crippen LogP contribution in [-0.2, 0) is 24.9 Å². The molecule has 0 unspecified atom stereocenters. The Bertz CT molecular complexity index is 555. The Balaban J connectivity index is 0.00000220. The first kappa shape index (κ1) is 17.2. The summed E-state index contributed by atoms with van der Waals surface area (Å²) in [6.07, 6.45) is 7.19. The van der Waals surface area contributed by atoms with Crippen molar-refractivity contribution in [1.29, 1.82) is 0 Å². The van der Waals surface area contributed by atoms with Gasteiger partial charge in [-0.15, -0.1) is 0 Å². The second-order valence-electron chi connectivity index (χ2n) is 4.61. The summed E-state index contributed by atoms with van der Waals surface area (Å²) < 4.78 is 9.41. The Hall–Kier alpha value is -1.85. The average molecular weight is 310 g/mol. The summed E-state index contributed by atoms with van der Waals surface area (Å²) in [7, 11) is 1.89. The second-order valence-corrected chi connectivity index (χ2v) is 4.61. The molecule has 0 aliphatic rings. The van der Waals surface area contributed by atoms with E-state index in [9.17, 15) is 0 Å². The van der Waals surface area contributed by atoms with Gasteiger partial charge in [0, 0.05) is 0 Å². The van der Waals surface area contributed by atoms with E-state index in [2.05, 4.69) is 29.4 Å². The standard InChI is InChI=1S/C15H19N3O2.ClH/c1-17-9-10-18(15(17)12-16-19)13-20-11-5-8-14-6-3-2-4-7-14;/h2-4,6-7,9-10,12H,5,8,11,13H2,1H3;1H. The maximum absolute atomic E-state index is 8.62. The van der Waals surface area contributed by atoms with Crippen LogP contribution in [0.1, 0.15) is 17.8 Å². The molecule has 5 nitrogen and oxygen atoms in total. The van der Waals surface area contributed by atoms with E-state index >= 15 is 0 Å². The van der Waals surface area contributed by atoms with Crippen molar-refractivity contribution in [2.45, 2.75) is 19.6 Å². The van der Waals surface area contributed by atoms with Crippen molar-refractivity contribution in [3.05, 3.63) is 54.1 Å². The van der Waals surface area contributed by atoms with Crippen LogP contribution >= 0.6 is 0 Å². The maximum atomic E-state index is 8.62. The highest BCUT2D eigenvalue weighted by Crippen LogP contribution is 2.03. The normalized spacial score (nSPS) is 10.7. The molecule has 0 radical (unpaired) electrons. The van der Waals surface area contributed by atoms with E-state index < -0.39 is 0 Å². The molecule has 0 spiro atoms. The molecule has 1 aromatic carbocycles. The molecular weight excluding hydrogens is 290 g/mol. The molecule has 0 aliphatic heterocycles. The molecule has 0 amide bonds. The number of ether oxygens (including phenoxy) is 1. The second kappa shape index (κ2) is 9.15. The highest BCUT2D eigenvalue weighted by molar-refractivity contribution is 5.72. The summed E-state index contributed by atoms with van der Waals surface area (Å²) in [5.74, 6) is 0.788. The topological polar surface area (TPSA) is 50.6 Å². The van der Waals surface area contributed by atoms with E-state index in [1.54, 1.807) is 0 Å². The highest BCUT2D eigenvalue weighted by atomic mass is 35.5. The van der Waals surface area contributed by atoms with Crippen molar-refractivity contribution in [3.63, 3.8) is 0 Å².